The maximum atomic E-state index is 6.44. The molecule has 0 amide bonds. The lowest BCUT2D eigenvalue weighted by molar-refractivity contribution is 0.577. The van der Waals surface area contributed by atoms with Crippen molar-refractivity contribution in [1.29, 1.82) is 0 Å². The second kappa shape index (κ2) is 5.92. The summed E-state index contributed by atoms with van der Waals surface area (Å²) in [7, 11) is 0. The molecule has 0 spiro atoms. The molecular formula is C16H15ClN2S. The van der Waals surface area contributed by atoms with Crippen LogP contribution < -0.4 is 5.32 Å². The molecule has 20 heavy (non-hydrogen) atoms. The van der Waals surface area contributed by atoms with Crippen LogP contribution in [0.5, 0.6) is 0 Å². The van der Waals surface area contributed by atoms with Crippen molar-refractivity contribution in [3.63, 3.8) is 0 Å². The predicted molar refractivity (Wildman–Crippen MR) is 86.3 cm³/mol. The molecule has 0 saturated carbocycles. The largest absolute Gasteiger partial charge is 0.305 e. The molecule has 2 aromatic heterocycles. The molecule has 0 aliphatic heterocycles. The summed E-state index contributed by atoms with van der Waals surface area (Å²) in [6, 6.07) is 12.5. The molecule has 0 saturated heterocycles. The number of nitrogens with zero attached hydrogens (tertiary/aromatic N) is 1. The van der Waals surface area contributed by atoms with Crippen molar-refractivity contribution in [3.05, 3.63) is 64.3 Å². The Bertz CT molecular complexity index is 709. The topological polar surface area (TPSA) is 24.9 Å². The van der Waals surface area contributed by atoms with Crippen molar-refractivity contribution < 1.29 is 0 Å². The van der Waals surface area contributed by atoms with E-state index in [0.29, 0.717) is 0 Å². The summed E-state index contributed by atoms with van der Waals surface area (Å²) in [4.78, 5) is 5.33. The van der Waals surface area contributed by atoms with Gasteiger partial charge < -0.3 is 5.32 Å². The van der Waals surface area contributed by atoms with E-state index in [1.54, 1.807) is 17.5 Å². The van der Waals surface area contributed by atoms with E-state index in [2.05, 4.69) is 35.4 Å². The fourth-order valence-electron chi connectivity index (χ4n) is 2.17. The van der Waals surface area contributed by atoms with Crippen molar-refractivity contribution in [2.24, 2.45) is 0 Å². The van der Waals surface area contributed by atoms with Crippen molar-refractivity contribution in [2.45, 2.75) is 19.5 Å². The van der Waals surface area contributed by atoms with Gasteiger partial charge in [-0.3, -0.25) is 4.98 Å². The third-order valence-electron chi connectivity index (χ3n) is 3.35. The third kappa shape index (κ3) is 2.70. The molecule has 0 fully saturated rings. The summed E-state index contributed by atoms with van der Waals surface area (Å²) in [6.07, 6.45) is 3.68. The molecule has 1 unspecified atom stereocenters. The van der Waals surface area contributed by atoms with Gasteiger partial charge >= 0.3 is 0 Å². The first-order valence-electron chi connectivity index (χ1n) is 6.55. The molecule has 2 heterocycles. The van der Waals surface area contributed by atoms with Crippen LogP contribution >= 0.6 is 22.9 Å². The molecule has 0 bridgehead atoms. The first kappa shape index (κ1) is 13.6. The van der Waals surface area contributed by atoms with Gasteiger partial charge in [-0.1, -0.05) is 35.9 Å². The average Bonchev–Trinajstić information content (AvgIpc) is 2.83. The second-order valence-corrected chi connectivity index (χ2v) is 6.24. The van der Waals surface area contributed by atoms with Gasteiger partial charge in [-0.05, 0) is 24.6 Å². The van der Waals surface area contributed by atoms with Crippen LogP contribution in [0, 0.1) is 0 Å². The monoisotopic (exact) mass is 302 g/mol. The number of pyridine rings is 1. The quantitative estimate of drug-likeness (QED) is 0.749. The molecule has 0 aliphatic rings. The maximum Gasteiger partial charge on any atom is 0.0636 e. The number of benzene rings is 1. The lowest BCUT2D eigenvalue weighted by Gasteiger charge is -2.13. The molecule has 102 valence electrons. The van der Waals surface area contributed by atoms with Gasteiger partial charge in [-0.15, -0.1) is 11.3 Å². The van der Waals surface area contributed by atoms with E-state index in [9.17, 15) is 0 Å². The van der Waals surface area contributed by atoms with Crippen LogP contribution in [0.2, 0.25) is 5.02 Å². The Morgan fingerprint density at radius 1 is 1.25 bits per heavy atom. The Hall–Kier alpha value is -1.42. The number of nitrogens with one attached hydrogen (secondary N) is 1. The Morgan fingerprint density at radius 2 is 2.10 bits per heavy atom. The molecule has 0 radical (unpaired) electrons. The minimum atomic E-state index is 0.255. The molecule has 3 rings (SSSR count). The molecular weight excluding hydrogens is 288 g/mol. The number of aromatic nitrogens is 1. The molecule has 1 atom stereocenters. The van der Waals surface area contributed by atoms with E-state index in [1.807, 2.05) is 24.4 Å². The Morgan fingerprint density at radius 3 is 2.85 bits per heavy atom. The van der Waals surface area contributed by atoms with Crippen LogP contribution in [0.3, 0.4) is 0 Å². The Balaban J connectivity index is 1.76. The zero-order valence-electron chi connectivity index (χ0n) is 11.1. The molecule has 1 aromatic carbocycles. The van der Waals surface area contributed by atoms with Gasteiger partial charge in [0.05, 0.1) is 5.02 Å². The standard InChI is InChI=1S/C16H15ClN2S/c1-11(12-5-4-8-18-9-12)19-10-15-16(17)13-6-2-3-7-14(13)20-15/h2-9,11,19H,10H2,1H3. The number of fused-ring (bicyclic) bond motifs is 1. The summed E-state index contributed by atoms with van der Waals surface area (Å²) >= 11 is 8.20. The number of hydrogen-bond donors (Lipinski definition) is 1. The molecule has 4 heteroatoms. The summed E-state index contributed by atoms with van der Waals surface area (Å²) in [5.74, 6) is 0. The number of thiophene rings is 1. The Kier molecular flexibility index (Phi) is 4.01. The van der Waals surface area contributed by atoms with Gasteiger partial charge in [-0.2, -0.15) is 0 Å². The number of hydrogen-bond acceptors (Lipinski definition) is 3. The maximum absolute atomic E-state index is 6.44. The Labute approximate surface area is 127 Å². The van der Waals surface area contributed by atoms with Crippen LogP contribution in [0.1, 0.15) is 23.4 Å². The molecule has 0 aliphatic carbocycles. The van der Waals surface area contributed by atoms with E-state index in [1.165, 1.54) is 15.1 Å². The molecule has 1 N–H and O–H groups in total. The van der Waals surface area contributed by atoms with Gasteiger partial charge in [0.15, 0.2) is 0 Å². The average molecular weight is 303 g/mol. The second-order valence-electron chi connectivity index (χ2n) is 4.72. The summed E-state index contributed by atoms with van der Waals surface area (Å²) in [5, 5.41) is 5.52. The highest BCUT2D eigenvalue weighted by molar-refractivity contribution is 7.19. The lowest BCUT2D eigenvalue weighted by Crippen LogP contribution is -2.17. The van der Waals surface area contributed by atoms with Crippen LogP contribution in [0.4, 0.5) is 0 Å². The highest BCUT2D eigenvalue weighted by Crippen LogP contribution is 2.35. The predicted octanol–water partition coefficient (Wildman–Crippen LogP) is 4.80. The molecule has 3 aromatic rings. The van der Waals surface area contributed by atoms with E-state index in [-0.39, 0.29) is 6.04 Å². The zero-order valence-corrected chi connectivity index (χ0v) is 12.7. The highest BCUT2D eigenvalue weighted by Gasteiger charge is 2.11. The van der Waals surface area contributed by atoms with Gasteiger partial charge in [0.1, 0.15) is 0 Å². The van der Waals surface area contributed by atoms with Crippen LogP contribution in [0.25, 0.3) is 10.1 Å². The van der Waals surface area contributed by atoms with Gasteiger partial charge in [0, 0.05) is 39.9 Å². The van der Waals surface area contributed by atoms with E-state index in [4.69, 9.17) is 11.6 Å². The lowest BCUT2D eigenvalue weighted by atomic mass is 10.1. The van der Waals surface area contributed by atoms with Gasteiger partial charge in [0.25, 0.3) is 0 Å². The minimum Gasteiger partial charge on any atom is -0.305 e. The summed E-state index contributed by atoms with van der Waals surface area (Å²) in [6.45, 7) is 2.91. The van der Waals surface area contributed by atoms with Crippen LogP contribution in [-0.2, 0) is 6.54 Å². The first-order valence-corrected chi connectivity index (χ1v) is 7.74. The van der Waals surface area contributed by atoms with Gasteiger partial charge in [-0.25, -0.2) is 0 Å². The number of rotatable bonds is 4. The van der Waals surface area contributed by atoms with Crippen molar-refractivity contribution in [3.8, 4) is 0 Å². The fourth-order valence-corrected chi connectivity index (χ4v) is 3.62. The molecule has 2 nitrogen and oxygen atoms in total. The van der Waals surface area contributed by atoms with Crippen LogP contribution in [-0.4, -0.2) is 4.98 Å². The third-order valence-corrected chi connectivity index (χ3v) is 5.07. The number of halogens is 1. The summed E-state index contributed by atoms with van der Waals surface area (Å²) in [5.41, 5.74) is 1.18. The summed E-state index contributed by atoms with van der Waals surface area (Å²) < 4.78 is 1.24. The zero-order chi connectivity index (χ0) is 13.9. The fraction of sp³-hybridized carbons (Fsp3) is 0.188. The highest BCUT2D eigenvalue weighted by atomic mass is 35.5. The minimum absolute atomic E-state index is 0.255. The van der Waals surface area contributed by atoms with E-state index >= 15 is 0 Å². The SMILES string of the molecule is CC(NCc1sc2ccccc2c1Cl)c1cccnc1. The first-order chi connectivity index (χ1) is 9.75. The van der Waals surface area contributed by atoms with E-state index in [0.717, 1.165) is 17.0 Å². The van der Waals surface area contributed by atoms with Crippen molar-refractivity contribution >= 4 is 33.0 Å². The van der Waals surface area contributed by atoms with Gasteiger partial charge in [0.2, 0.25) is 0 Å². The van der Waals surface area contributed by atoms with Crippen molar-refractivity contribution in [2.75, 3.05) is 0 Å². The smallest absolute Gasteiger partial charge is 0.0636 e. The van der Waals surface area contributed by atoms with Crippen LogP contribution in [0.15, 0.2) is 48.8 Å². The van der Waals surface area contributed by atoms with Crippen molar-refractivity contribution in [1.82, 2.24) is 10.3 Å². The normalized spacial score (nSPS) is 12.7. The van der Waals surface area contributed by atoms with E-state index < -0.39 is 0 Å².